The van der Waals surface area contributed by atoms with Gasteiger partial charge < -0.3 is 9.80 Å². The summed E-state index contributed by atoms with van der Waals surface area (Å²) in [6.07, 6.45) is 0. The number of nitrogens with zero attached hydrogens (tertiary/aromatic N) is 2. The van der Waals surface area contributed by atoms with Crippen LogP contribution in [0.5, 0.6) is 0 Å². The summed E-state index contributed by atoms with van der Waals surface area (Å²) in [5.41, 5.74) is 30.7. The first-order chi connectivity index (χ1) is 56.1. The summed E-state index contributed by atoms with van der Waals surface area (Å²) < 4.78 is 0. The third kappa shape index (κ3) is 10.5. The first kappa shape index (κ1) is 66.8. The van der Waals surface area contributed by atoms with E-state index >= 15 is 0 Å². The van der Waals surface area contributed by atoms with Gasteiger partial charge in [-0.3, -0.25) is 0 Å². The number of para-hydroxylation sites is 3. The fourth-order valence-electron chi connectivity index (χ4n) is 19.8. The molecule has 536 valence electrons. The maximum Gasteiger partial charge on any atom is 0.0543 e. The van der Waals surface area contributed by atoms with E-state index in [-0.39, 0.29) is 5.41 Å². The van der Waals surface area contributed by atoms with Crippen LogP contribution in [-0.2, 0) is 10.8 Å². The quantitative estimate of drug-likeness (QED) is 0.120. The summed E-state index contributed by atoms with van der Waals surface area (Å²) in [7, 11) is 0. The molecular weight excluding hydrogens is 1370 g/mol. The van der Waals surface area contributed by atoms with Crippen molar-refractivity contribution in [3.05, 3.63) is 423 Å². The second-order valence-corrected chi connectivity index (χ2v) is 32.1. The molecule has 0 atom stereocenters. The lowest BCUT2D eigenvalue weighted by atomic mass is 9.79. The first-order valence-electron chi connectivity index (χ1n) is 39.9. The average Bonchev–Trinajstić information content (AvgIpc) is 1.47. The van der Waals surface area contributed by atoms with Crippen molar-refractivity contribution in [2.24, 2.45) is 0 Å². The molecule has 0 saturated heterocycles. The predicted molar refractivity (Wildman–Crippen MR) is 486 cm³/mol. The van der Waals surface area contributed by atoms with Crippen LogP contribution in [-0.4, -0.2) is 0 Å². The van der Waals surface area contributed by atoms with Crippen molar-refractivity contribution >= 4 is 110 Å². The normalized spacial score (nSPS) is 13.1. The van der Waals surface area contributed by atoms with Crippen LogP contribution >= 0.6 is 0 Å². The van der Waals surface area contributed by atoms with E-state index in [0.29, 0.717) is 0 Å². The summed E-state index contributed by atoms with van der Waals surface area (Å²) in [4.78, 5) is 4.98. The van der Waals surface area contributed by atoms with Crippen molar-refractivity contribution < 1.29 is 0 Å². The number of hydrogen-bond acceptors (Lipinski definition) is 2. The number of rotatable bonds is 12. The Kier molecular flexibility index (Phi) is 15.4. The Morgan fingerprint density at radius 3 is 0.965 bits per heavy atom. The minimum Gasteiger partial charge on any atom is -0.310 e. The summed E-state index contributed by atoms with van der Waals surface area (Å²) >= 11 is 0. The Balaban J connectivity index is 0.794. The Labute approximate surface area is 665 Å². The Morgan fingerprint density at radius 1 is 0.175 bits per heavy atom. The van der Waals surface area contributed by atoms with Crippen molar-refractivity contribution in [2.45, 2.75) is 38.5 Å². The zero-order chi connectivity index (χ0) is 75.9. The molecule has 0 bridgehead atoms. The van der Waals surface area contributed by atoms with Crippen LogP contribution < -0.4 is 9.80 Å². The fourth-order valence-corrected chi connectivity index (χ4v) is 19.8. The molecule has 22 rings (SSSR count). The largest absolute Gasteiger partial charge is 0.310 e. The second-order valence-electron chi connectivity index (χ2n) is 32.1. The molecule has 0 radical (unpaired) electrons. The number of benzene rings is 20. The first-order valence-corrected chi connectivity index (χ1v) is 39.9. The van der Waals surface area contributed by atoms with E-state index < -0.39 is 5.41 Å². The van der Waals surface area contributed by atoms with Gasteiger partial charge >= 0.3 is 0 Å². The summed E-state index contributed by atoms with van der Waals surface area (Å²) in [6, 6.07) is 151. The van der Waals surface area contributed by atoms with E-state index in [9.17, 15) is 0 Å². The SMILES string of the molecule is CC1(C)c2cc(N(c3ccccc3)c3ccccc3)ccc2-c2cc3c(cc21)-c1c(cc(N(c2ccccc2)c2cc(-c4ccc(-c5cccc6ccccc56)c5c(-c6cccc7ccccc67)cccc45)cc(-c4ccc(-c5cccc6ccccc56)c5c(-c6cccc7ccccc67)cccc45)c2)c2ccccc12)C3(C)C. The zero-order valence-corrected chi connectivity index (χ0v) is 64.0. The third-order valence-corrected chi connectivity index (χ3v) is 25.2. The molecule has 2 aliphatic rings. The zero-order valence-electron chi connectivity index (χ0n) is 64.0. The molecule has 0 fully saturated rings. The second kappa shape index (κ2) is 26.2. The highest BCUT2D eigenvalue weighted by Crippen LogP contribution is 2.61. The van der Waals surface area contributed by atoms with Gasteiger partial charge in [0.1, 0.15) is 0 Å². The molecule has 0 N–H and O–H groups in total. The molecule has 2 nitrogen and oxygen atoms in total. The van der Waals surface area contributed by atoms with Crippen LogP contribution in [0.15, 0.2) is 400 Å². The molecule has 2 aliphatic carbocycles. The van der Waals surface area contributed by atoms with Gasteiger partial charge in [0.05, 0.1) is 5.69 Å². The lowest BCUT2D eigenvalue weighted by Crippen LogP contribution is -2.18. The van der Waals surface area contributed by atoms with Crippen molar-refractivity contribution in [3.8, 4) is 89.0 Å². The molecule has 114 heavy (non-hydrogen) atoms. The minimum atomic E-state index is -0.406. The minimum absolute atomic E-state index is 0.303. The lowest BCUT2D eigenvalue weighted by molar-refractivity contribution is 0.652. The topological polar surface area (TPSA) is 6.48 Å². The number of hydrogen-bond donors (Lipinski definition) is 0. The summed E-state index contributed by atoms with van der Waals surface area (Å²) in [6.45, 7) is 9.80. The van der Waals surface area contributed by atoms with Crippen molar-refractivity contribution in [1.82, 2.24) is 0 Å². The van der Waals surface area contributed by atoms with Gasteiger partial charge in [0.2, 0.25) is 0 Å². The highest BCUT2D eigenvalue weighted by atomic mass is 15.1. The standard InChI is InChI=1S/C112H78N2/c1-111(2)103-67-80(113(77-38-8-5-9-39-77)78-40-10-6-11-41-78)58-59-92(103)101-68-105-102(69-104(101)111)110-98-49-23-22-48-93(98)107(70-106(110)112(105,3)4)114(79-42-12-7-13-43-79)81-65-75(86-60-62-99(90-52-26-36-73-32-16-20-46-84(73)90)108-94(86)54-28-56-96(108)88-50-24-34-71-30-14-18-44-82(71)88)64-76(66-81)87-61-63-100(91-53-27-37-74-33-17-21-47-85(74)91)109-95(87)55-29-57-97(109)89-51-25-35-72-31-15-19-45-83(72)89/h5-70H,1-4H3. The molecule has 0 aromatic heterocycles. The fraction of sp³-hybridized carbons (Fsp3) is 0.0536. The Morgan fingerprint density at radius 2 is 0.500 bits per heavy atom. The van der Waals surface area contributed by atoms with Crippen LogP contribution in [0.4, 0.5) is 34.1 Å². The van der Waals surface area contributed by atoms with Gasteiger partial charge in [-0.15, -0.1) is 0 Å². The molecule has 0 heterocycles. The molecule has 0 spiro atoms. The van der Waals surface area contributed by atoms with Gasteiger partial charge in [-0.2, -0.15) is 0 Å². The summed E-state index contributed by atoms with van der Waals surface area (Å²) in [5.74, 6) is 0. The number of anilines is 6. The van der Waals surface area contributed by atoms with Crippen molar-refractivity contribution in [1.29, 1.82) is 0 Å². The van der Waals surface area contributed by atoms with Gasteiger partial charge in [0, 0.05) is 44.7 Å². The van der Waals surface area contributed by atoms with Crippen LogP contribution in [0.1, 0.15) is 49.9 Å². The molecule has 0 saturated carbocycles. The third-order valence-electron chi connectivity index (χ3n) is 25.2. The van der Waals surface area contributed by atoms with Crippen LogP contribution in [0, 0.1) is 0 Å². The van der Waals surface area contributed by atoms with Crippen LogP contribution in [0.3, 0.4) is 0 Å². The number of fused-ring (bicyclic) bond motifs is 14. The maximum absolute atomic E-state index is 2.59. The predicted octanol–water partition coefficient (Wildman–Crippen LogP) is 31.3. The van der Waals surface area contributed by atoms with E-state index in [1.807, 2.05) is 0 Å². The van der Waals surface area contributed by atoms with Crippen molar-refractivity contribution in [3.63, 3.8) is 0 Å². The molecule has 0 amide bonds. The monoisotopic (exact) mass is 1450 g/mol. The van der Waals surface area contributed by atoms with Crippen molar-refractivity contribution in [2.75, 3.05) is 9.80 Å². The van der Waals surface area contributed by atoms with Gasteiger partial charge in [-0.05, 0) is 266 Å². The lowest BCUT2D eigenvalue weighted by Gasteiger charge is -2.31. The van der Waals surface area contributed by atoms with Gasteiger partial charge in [0.15, 0.2) is 0 Å². The smallest absolute Gasteiger partial charge is 0.0543 e. The molecule has 0 aliphatic heterocycles. The maximum atomic E-state index is 2.59. The summed E-state index contributed by atoms with van der Waals surface area (Å²) in [5, 5.41) is 16.9. The van der Waals surface area contributed by atoms with E-state index in [1.165, 1.54) is 164 Å². The molecule has 2 heteroatoms. The van der Waals surface area contributed by atoms with Gasteiger partial charge in [0.25, 0.3) is 0 Å². The Bertz CT molecular complexity index is 6850. The highest BCUT2D eigenvalue weighted by molar-refractivity contribution is 6.21. The van der Waals surface area contributed by atoms with E-state index in [1.54, 1.807) is 0 Å². The van der Waals surface area contributed by atoms with Gasteiger partial charge in [-0.1, -0.05) is 343 Å². The molecule has 20 aromatic rings. The van der Waals surface area contributed by atoms with E-state index in [0.717, 1.165) is 56.4 Å². The molecule has 20 aromatic carbocycles. The van der Waals surface area contributed by atoms with E-state index in [2.05, 4.69) is 438 Å². The highest BCUT2D eigenvalue weighted by Gasteiger charge is 2.44. The molecular formula is C112H78N2. The average molecular weight is 1450 g/mol. The van der Waals surface area contributed by atoms with Crippen LogP contribution in [0.2, 0.25) is 0 Å². The van der Waals surface area contributed by atoms with Gasteiger partial charge in [-0.25, -0.2) is 0 Å². The Hall–Kier alpha value is -14.2. The molecule has 0 unspecified atom stereocenters. The van der Waals surface area contributed by atoms with E-state index in [4.69, 9.17) is 0 Å². The van der Waals surface area contributed by atoms with Crippen LogP contribution in [0.25, 0.3) is 164 Å².